The largest absolute Gasteiger partial charge is 0.338 e. The number of hydrogen-bond acceptors (Lipinski definition) is 4. The standard InChI is InChI=1S/C18H28N4O2/c1-15(2)12-19-18(24)20-17(23)14-22-10-8-21(9-11-22)13-16-6-4-3-5-7-16/h3-7,15H,8-14H2,1-2H3,(H2,19,20,23,24). The van der Waals surface area contributed by atoms with Crippen LogP contribution in [-0.2, 0) is 11.3 Å². The number of piperazine rings is 1. The molecule has 2 rings (SSSR count). The number of carbonyl (C=O) groups excluding carboxylic acids is 2. The molecule has 0 radical (unpaired) electrons. The zero-order chi connectivity index (χ0) is 17.4. The lowest BCUT2D eigenvalue weighted by molar-refractivity contribution is -0.121. The number of imide groups is 1. The third-order valence-corrected chi connectivity index (χ3v) is 4.00. The molecule has 1 aromatic carbocycles. The van der Waals surface area contributed by atoms with Crippen LogP contribution < -0.4 is 10.6 Å². The van der Waals surface area contributed by atoms with E-state index in [1.54, 1.807) is 0 Å². The normalized spacial score (nSPS) is 16.1. The van der Waals surface area contributed by atoms with Crippen molar-refractivity contribution >= 4 is 11.9 Å². The van der Waals surface area contributed by atoms with Gasteiger partial charge in [0.25, 0.3) is 0 Å². The van der Waals surface area contributed by atoms with Crippen molar-refractivity contribution in [3.63, 3.8) is 0 Å². The highest BCUT2D eigenvalue weighted by Gasteiger charge is 2.19. The van der Waals surface area contributed by atoms with E-state index in [1.807, 2.05) is 19.9 Å². The summed E-state index contributed by atoms with van der Waals surface area (Å²) in [7, 11) is 0. The van der Waals surface area contributed by atoms with Crippen molar-refractivity contribution in [1.29, 1.82) is 0 Å². The minimum atomic E-state index is -0.406. The average molecular weight is 332 g/mol. The van der Waals surface area contributed by atoms with Gasteiger partial charge in [0.1, 0.15) is 0 Å². The lowest BCUT2D eigenvalue weighted by Crippen LogP contribution is -2.51. The molecular weight excluding hydrogens is 304 g/mol. The topological polar surface area (TPSA) is 64.7 Å². The summed E-state index contributed by atoms with van der Waals surface area (Å²) >= 11 is 0. The molecule has 1 aromatic rings. The molecule has 1 aliphatic heterocycles. The van der Waals surface area contributed by atoms with Crippen LogP contribution in [0.3, 0.4) is 0 Å². The SMILES string of the molecule is CC(C)CNC(=O)NC(=O)CN1CCN(Cc2ccccc2)CC1. The zero-order valence-corrected chi connectivity index (χ0v) is 14.6. The van der Waals surface area contributed by atoms with E-state index in [4.69, 9.17) is 0 Å². The molecule has 0 aromatic heterocycles. The highest BCUT2D eigenvalue weighted by atomic mass is 16.2. The van der Waals surface area contributed by atoms with Crippen molar-refractivity contribution < 1.29 is 9.59 Å². The number of rotatable bonds is 6. The summed E-state index contributed by atoms with van der Waals surface area (Å²) < 4.78 is 0. The van der Waals surface area contributed by atoms with E-state index in [1.165, 1.54) is 5.56 Å². The molecule has 0 saturated carbocycles. The Morgan fingerprint density at radius 2 is 1.67 bits per heavy atom. The molecule has 1 heterocycles. The van der Waals surface area contributed by atoms with E-state index in [9.17, 15) is 9.59 Å². The fourth-order valence-electron chi connectivity index (χ4n) is 2.66. The Kier molecular flexibility index (Phi) is 7.21. The predicted molar refractivity (Wildman–Crippen MR) is 94.5 cm³/mol. The van der Waals surface area contributed by atoms with Gasteiger partial charge >= 0.3 is 6.03 Å². The molecule has 0 unspecified atom stereocenters. The third-order valence-electron chi connectivity index (χ3n) is 4.00. The van der Waals surface area contributed by atoms with Crippen molar-refractivity contribution in [3.05, 3.63) is 35.9 Å². The number of nitrogens with zero attached hydrogens (tertiary/aromatic N) is 2. The molecule has 0 spiro atoms. The summed E-state index contributed by atoms with van der Waals surface area (Å²) in [6.45, 7) is 9.35. The first-order valence-electron chi connectivity index (χ1n) is 8.59. The Hall–Kier alpha value is -1.92. The summed E-state index contributed by atoms with van der Waals surface area (Å²) in [5.74, 6) is 0.122. The van der Waals surface area contributed by atoms with Gasteiger partial charge in [-0.25, -0.2) is 4.79 Å². The summed E-state index contributed by atoms with van der Waals surface area (Å²) in [5, 5.41) is 5.08. The van der Waals surface area contributed by atoms with Crippen LogP contribution in [0.2, 0.25) is 0 Å². The van der Waals surface area contributed by atoms with Gasteiger partial charge in [-0.3, -0.25) is 19.9 Å². The predicted octanol–water partition coefficient (Wildman–Crippen LogP) is 1.29. The fraction of sp³-hybridized carbons (Fsp3) is 0.556. The van der Waals surface area contributed by atoms with Gasteiger partial charge in [0, 0.05) is 39.3 Å². The van der Waals surface area contributed by atoms with Crippen LogP contribution in [0.1, 0.15) is 19.4 Å². The molecule has 1 saturated heterocycles. The third kappa shape index (κ3) is 6.68. The number of hydrogen-bond donors (Lipinski definition) is 2. The van der Waals surface area contributed by atoms with E-state index in [0.29, 0.717) is 12.5 Å². The summed E-state index contributed by atoms with van der Waals surface area (Å²) in [4.78, 5) is 28.0. The van der Waals surface area contributed by atoms with Crippen LogP contribution in [0, 0.1) is 5.92 Å². The monoisotopic (exact) mass is 332 g/mol. The zero-order valence-electron chi connectivity index (χ0n) is 14.6. The van der Waals surface area contributed by atoms with Gasteiger partial charge in [-0.05, 0) is 11.5 Å². The molecule has 0 bridgehead atoms. The number of nitrogens with one attached hydrogen (secondary N) is 2. The van der Waals surface area contributed by atoms with Crippen LogP contribution in [0.25, 0.3) is 0 Å². The molecule has 1 aliphatic rings. The molecule has 0 atom stereocenters. The van der Waals surface area contributed by atoms with Crippen molar-refractivity contribution in [1.82, 2.24) is 20.4 Å². The molecule has 3 amide bonds. The van der Waals surface area contributed by atoms with Crippen LogP contribution in [0.4, 0.5) is 4.79 Å². The maximum absolute atomic E-state index is 11.9. The number of amides is 3. The summed E-state index contributed by atoms with van der Waals surface area (Å²) in [6, 6.07) is 10.00. The van der Waals surface area contributed by atoms with Crippen molar-refractivity contribution in [2.24, 2.45) is 5.92 Å². The van der Waals surface area contributed by atoms with Crippen molar-refractivity contribution in [2.75, 3.05) is 39.3 Å². The molecule has 132 valence electrons. The molecule has 24 heavy (non-hydrogen) atoms. The van der Waals surface area contributed by atoms with Gasteiger partial charge in [0.05, 0.1) is 6.54 Å². The molecule has 6 heteroatoms. The van der Waals surface area contributed by atoms with Crippen LogP contribution in [0.5, 0.6) is 0 Å². The molecule has 2 N–H and O–H groups in total. The lowest BCUT2D eigenvalue weighted by Gasteiger charge is -2.34. The average Bonchev–Trinajstić information content (AvgIpc) is 2.56. The lowest BCUT2D eigenvalue weighted by atomic mass is 10.2. The van der Waals surface area contributed by atoms with E-state index >= 15 is 0 Å². The van der Waals surface area contributed by atoms with Crippen LogP contribution in [0.15, 0.2) is 30.3 Å². The Bertz CT molecular complexity index is 525. The number of benzene rings is 1. The molecule has 1 fully saturated rings. The molecular formula is C18H28N4O2. The Morgan fingerprint density at radius 3 is 2.29 bits per heavy atom. The van der Waals surface area contributed by atoms with E-state index in [0.717, 1.165) is 32.7 Å². The highest BCUT2D eigenvalue weighted by Crippen LogP contribution is 2.08. The second-order valence-corrected chi connectivity index (χ2v) is 6.69. The minimum absolute atomic E-state index is 0.243. The summed E-state index contributed by atoms with van der Waals surface area (Å²) in [6.07, 6.45) is 0. The van der Waals surface area contributed by atoms with E-state index in [-0.39, 0.29) is 12.5 Å². The second-order valence-electron chi connectivity index (χ2n) is 6.69. The first-order chi connectivity index (χ1) is 11.5. The smallest absolute Gasteiger partial charge is 0.321 e. The van der Waals surface area contributed by atoms with Crippen molar-refractivity contribution in [2.45, 2.75) is 20.4 Å². The Balaban J connectivity index is 1.65. The maximum atomic E-state index is 11.9. The van der Waals surface area contributed by atoms with Gasteiger partial charge in [-0.1, -0.05) is 44.2 Å². The maximum Gasteiger partial charge on any atom is 0.321 e. The van der Waals surface area contributed by atoms with E-state index in [2.05, 4.69) is 44.7 Å². The van der Waals surface area contributed by atoms with Gasteiger partial charge in [-0.15, -0.1) is 0 Å². The van der Waals surface area contributed by atoms with Crippen molar-refractivity contribution in [3.8, 4) is 0 Å². The molecule has 0 aliphatic carbocycles. The fourth-order valence-corrected chi connectivity index (χ4v) is 2.66. The van der Waals surface area contributed by atoms with Crippen LogP contribution >= 0.6 is 0 Å². The number of urea groups is 1. The Labute approximate surface area is 144 Å². The van der Waals surface area contributed by atoms with E-state index < -0.39 is 6.03 Å². The Morgan fingerprint density at radius 1 is 1.04 bits per heavy atom. The van der Waals surface area contributed by atoms with Gasteiger partial charge in [0.2, 0.25) is 5.91 Å². The first-order valence-corrected chi connectivity index (χ1v) is 8.59. The van der Waals surface area contributed by atoms with Gasteiger partial charge < -0.3 is 5.32 Å². The first kappa shape index (κ1) is 18.4. The van der Waals surface area contributed by atoms with Gasteiger partial charge in [0.15, 0.2) is 0 Å². The van der Waals surface area contributed by atoms with Crippen LogP contribution in [-0.4, -0.2) is 61.0 Å². The summed E-state index contributed by atoms with van der Waals surface area (Å²) in [5.41, 5.74) is 1.31. The highest BCUT2D eigenvalue weighted by molar-refractivity contribution is 5.95. The quantitative estimate of drug-likeness (QED) is 0.824. The minimum Gasteiger partial charge on any atom is -0.338 e. The number of carbonyl (C=O) groups is 2. The molecule has 6 nitrogen and oxygen atoms in total. The second kappa shape index (κ2) is 9.39. The van der Waals surface area contributed by atoms with Gasteiger partial charge in [-0.2, -0.15) is 0 Å².